The molecule has 0 aliphatic rings. The SMILES string of the molecule is Cc1ccc(Cl)c(OC(=O)[C@@H](NC(=O)c2ccccc2F)C(C)C)c1. The zero-order valence-electron chi connectivity index (χ0n) is 14.2. The molecule has 1 atom stereocenters. The molecule has 0 aromatic heterocycles. The lowest BCUT2D eigenvalue weighted by Crippen LogP contribution is -2.46. The molecule has 0 radical (unpaired) electrons. The van der Waals surface area contributed by atoms with Gasteiger partial charge in [-0.05, 0) is 42.7 Å². The standard InChI is InChI=1S/C19H19ClFNO3/c1-11(2)17(22-18(23)13-6-4-5-7-15(13)21)19(24)25-16-10-12(3)8-9-14(16)20/h4-11,17H,1-3H3,(H,22,23)/t17-/m0/s1. The van der Waals surface area contributed by atoms with Gasteiger partial charge < -0.3 is 10.1 Å². The van der Waals surface area contributed by atoms with Crippen molar-refractivity contribution in [3.05, 3.63) is 64.4 Å². The van der Waals surface area contributed by atoms with E-state index >= 15 is 0 Å². The van der Waals surface area contributed by atoms with E-state index in [1.807, 2.05) is 6.92 Å². The normalized spacial score (nSPS) is 11.9. The van der Waals surface area contributed by atoms with Gasteiger partial charge in [0.05, 0.1) is 10.6 Å². The highest BCUT2D eigenvalue weighted by molar-refractivity contribution is 6.32. The lowest BCUT2D eigenvalue weighted by Gasteiger charge is -2.21. The van der Waals surface area contributed by atoms with Crippen LogP contribution in [-0.4, -0.2) is 17.9 Å². The van der Waals surface area contributed by atoms with Crippen LogP contribution in [0.3, 0.4) is 0 Å². The van der Waals surface area contributed by atoms with E-state index in [1.165, 1.54) is 18.2 Å². The van der Waals surface area contributed by atoms with Crippen molar-refractivity contribution in [1.29, 1.82) is 0 Å². The third kappa shape index (κ3) is 4.79. The van der Waals surface area contributed by atoms with E-state index in [0.29, 0.717) is 5.02 Å². The van der Waals surface area contributed by atoms with E-state index in [4.69, 9.17) is 16.3 Å². The molecule has 2 rings (SSSR count). The van der Waals surface area contributed by atoms with Crippen LogP contribution in [0.5, 0.6) is 5.75 Å². The molecule has 0 spiro atoms. The number of rotatable bonds is 5. The molecule has 0 unspecified atom stereocenters. The first-order valence-corrected chi connectivity index (χ1v) is 8.20. The van der Waals surface area contributed by atoms with Gasteiger partial charge in [0.2, 0.25) is 0 Å². The first-order chi connectivity index (χ1) is 11.8. The monoisotopic (exact) mass is 363 g/mol. The fraction of sp³-hybridized carbons (Fsp3) is 0.263. The maximum atomic E-state index is 13.7. The van der Waals surface area contributed by atoms with Crippen molar-refractivity contribution >= 4 is 23.5 Å². The van der Waals surface area contributed by atoms with Crippen LogP contribution in [-0.2, 0) is 4.79 Å². The van der Waals surface area contributed by atoms with Crippen LogP contribution >= 0.6 is 11.6 Å². The molecule has 0 heterocycles. The lowest BCUT2D eigenvalue weighted by atomic mass is 10.0. The minimum atomic E-state index is -0.941. The first kappa shape index (κ1) is 18.9. The highest BCUT2D eigenvalue weighted by Crippen LogP contribution is 2.26. The Morgan fingerprint density at radius 2 is 1.84 bits per heavy atom. The Kier molecular flexibility index (Phi) is 6.15. The van der Waals surface area contributed by atoms with Crippen LogP contribution in [0.25, 0.3) is 0 Å². The Bertz CT molecular complexity index is 792. The summed E-state index contributed by atoms with van der Waals surface area (Å²) in [5.74, 6) is -2.03. The number of carbonyl (C=O) groups excluding carboxylic acids is 2. The van der Waals surface area contributed by atoms with E-state index in [0.717, 1.165) is 5.56 Å². The van der Waals surface area contributed by atoms with Crippen molar-refractivity contribution in [2.24, 2.45) is 5.92 Å². The summed E-state index contributed by atoms with van der Waals surface area (Å²) in [6.45, 7) is 5.35. The minimum absolute atomic E-state index is 0.130. The third-order valence-corrected chi connectivity index (χ3v) is 3.94. The molecule has 132 valence electrons. The second-order valence-electron chi connectivity index (χ2n) is 6.03. The molecule has 1 amide bonds. The number of nitrogens with one attached hydrogen (secondary N) is 1. The van der Waals surface area contributed by atoms with Crippen LogP contribution in [0.1, 0.15) is 29.8 Å². The lowest BCUT2D eigenvalue weighted by molar-refractivity contribution is -0.137. The summed E-state index contributed by atoms with van der Waals surface area (Å²) >= 11 is 6.03. The molecular weight excluding hydrogens is 345 g/mol. The quantitative estimate of drug-likeness (QED) is 0.641. The van der Waals surface area contributed by atoms with Crippen LogP contribution in [0, 0.1) is 18.7 Å². The Labute approximate surface area is 150 Å². The summed E-state index contributed by atoms with van der Waals surface area (Å²) in [7, 11) is 0. The summed E-state index contributed by atoms with van der Waals surface area (Å²) in [6, 6.07) is 9.68. The van der Waals surface area contributed by atoms with E-state index in [9.17, 15) is 14.0 Å². The molecule has 6 heteroatoms. The van der Waals surface area contributed by atoms with Crippen molar-refractivity contribution in [2.75, 3.05) is 0 Å². The fourth-order valence-electron chi connectivity index (χ4n) is 2.22. The maximum absolute atomic E-state index is 13.7. The van der Waals surface area contributed by atoms with E-state index < -0.39 is 23.7 Å². The number of carbonyl (C=O) groups is 2. The largest absolute Gasteiger partial charge is 0.423 e. The van der Waals surface area contributed by atoms with Gasteiger partial charge in [-0.2, -0.15) is 0 Å². The van der Waals surface area contributed by atoms with Crippen molar-refractivity contribution in [1.82, 2.24) is 5.32 Å². The maximum Gasteiger partial charge on any atom is 0.334 e. The Morgan fingerprint density at radius 1 is 1.16 bits per heavy atom. The number of hydrogen-bond donors (Lipinski definition) is 1. The van der Waals surface area contributed by atoms with E-state index in [1.54, 1.807) is 38.1 Å². The molecule has 0 bridgehead atoms. The Hall–Kier alpha value is -2.40. The van der Waals surface area contributed by atoms with Crippen molar-refractivity contribution in [2.45, 2.75) is 26.8 Å². The number of amides is 1. The van der Waals surface area contributed by atoms with Crippen molar-refractivity contribution in [3.63, 3.8) is 0 Å². The highest BCUT2D eigenvalue weighted by Gasteiger charge is 2.28. The van der Waals surface area contributed by atoms with Crippen LogP contribution in [0.4, 0.5) is 4.39 Å². The average Bonchev–Trinajstić information content (AvgIpc) is 2.55. The Morgan fingerprint density at radius 3 is 2.48 bits per heavy atom. The Balaban J connectivity index is 2.17. The molecule has 2 aromatic rings. The summed E-state index contributed by atoms with van der Waals surface area (Å²) < 4.78 is 19.1. The van der Waals surface area contributed by atoms with E-state index in [-0.39, 0.29) is 17.2 Å². The van der Waals surface area contributed by atoms with Crippen LogP contribution in [0.15, 0.2) is 42.5 Å². The van der Waals surface area contributed by atoms with Gasteiger partial charge in [-0.3, -0.25) is 4.79 Å². The van der Waals surface area contributed by atoms with Crippen molar-refractivity contribution in [3.8, 4) is 5.75 Å². The number of aryl methyl sites for hydroxylation is 1. The second kappa shape index (κ2) is 8.12. The number of halogens is 2. The van der Waals surface area contributed by atoms with Gasteiger partial charge in [0.25, 0.3) is 5.91 Å². The van der Waals surface area contributed by atoms with Gasteiger partial charge in [0.1, 0.15) is 17.6 Å². The van der Waals surface area contributed by atoms with Gasteiger partial charge in [0.15, 0.2) is 0 Å². The van der Waals surface area contributed by atoms with Gasteiger partial charge in [-0.15, -0.1) is 0 Å². The van der Waals surface area contributed by atoms with Crippen LogP contribution < -0.4 is 10.1 Å². The zero-order valence-corrected chi connectivity index (χ0v) is 14.9. The van der Waals surface area contributed by atoms with Gasteiger partial charge in [0, 0.05) is 0 Å². The molecule has 0 aliphatic carbocycles. The van der Waals surface area contributed by atoms with E-state index in [2.05, 4.69) is 5.32 Å². The third-order valence-electron chi connectivity index (χ3n) is 3.62. The van der Waals surface area contributed by atoms with Gasteiger partial charge in [-0.25, -0.2) is 9.18 Å². The molecular formula is C19H19ClFNO3. The van der Waals surface area contributed by atoms with Gasteiger partial charge in [-0.1, -0.05) is 43.6 Å². The predicted octanol–water partition coefficient (Wildman–Crippen LogP) is 4.15. The molecule has 2 aromatic carbocycles. The topological polar surface area (TPSA) is 55.4 Å². The fourth-order valence-corrected chi connectivity index (χ4v) is 2.38. The molecule has 1 N–H and O–H groups in total. The summed E-state index contributed by atoms with van der Waals surface area (Å²) in [5.41, 5.74) is 0.748. The number of ether oxygens (including phenoxy) is 1. The van der Waals surface area contributed by atoms with Crippen molar-refractivity contribution < 1.29 is 18.7 Å². The zero-order chi connectivity index (χ0) is 18.6. The minimum Gasteiger partial charge on any atom is -0.423 e. The predicted molar refractivity (Wildman–Crippen MR) is 94.3 cm³/mol. The van der Waals surface area contributed by atoms with Gasteiger partial charge >= 0.3 is 5.97 Å². The number of esters is 1. The molecule has 4 nitrogen and oxygen atoms in total. The molecule has 25 heavy (non-hydrogen) atoms. The molecule has 0 fully saturated rings. The molecule has 0 saturated carbocycles. The highest BCUT2D eigenvalue weighted by atomic mass is 35.5. The second-order valence-corrected chi connectivity index (χ2v) is 6.44. The molecule has 0 aliphatic heterocycles. The summed E-state index contributed by atoms with van der Waals surface area (Å²) in [4.78, 5) is 24.8. The summed E-state index contributed by atoms with van der Waals surface area (Å²) in [5, 5.41) is 2.82. The average molecular weight is 364 g/mol. The molecule has 0 saturated heterocycles. The smallest absolute Gasteiger partial charge is 0.334 e. The number of hydrogen-bond acceptors (Lipinski definition) is 3. The summed E-state index contributed by atoms with van der Waals surface area (Å²) in [6.07, 6.45) is 0. The van der Waals surface area contributed by atoms with Crippen LogP contribution in [0.2, 0.25) is 5.02 Å². The number of benzene rings is 2. The first-order valence-electron chi connectivity index (χ1n) is 7.83.